The molecule has 1 aromatic heterocycles. The standard InChI is InChI=1S/C74H104N18O22S/c1-8-41(5)62-68(105)79-34-57(96)81-53-39-115(111)70-47(46-16-12-13-17-48(46)86-70)32-51(63(100)78-35-58(97)88-62)83-65(102)50(30-45(37-93)112-9-2)84-67(104)54-31-44(36-92(54)71(107)52(33-55(75)94)85-66(53)103)114-74(110)90(7)29-28-89(6)73(109)113-38-42-20-22-43(23-21-42)80-64(101)49(18-15-26-77-72(76)108)82-69(106)61(40(3)4)87-56(95)19-11-10-14-27-91-59(98)24-25-60(91)99/h12-13,16-17,20-25,40-41,44-45,49-54,61-62,86,93H,8-11,14-15,18-19,26-39H2,1-7H3,(H2,75,94)(H,78,100)(H,79,105)(H,80,101)(H,81,96)(H,82,106)(H,83,102)(H,84,104)(H,85,103)(H,87,95)(H,88,97)(H3,76,77,108)/t41-,44+,45+,49-,50?,51-,52-,53-,54?,61-,62?,115?/m0/s1. The number of aromatic nitrogens is 1. The Balaban J connectivity index is 1.04. The number of nitrogens with two attached hydrogens (primary N) is 2. The Morgan fingerprint density at radius 3 is 2.03 bits per heavy atom. The number of urea groups is 1. The number of benzene rings is 2. The van der Waals surface area contributed by atoms with Crippen LogP contribution in [0.2, 0.25) is 0 Å². The molecule has 4 unspecified atom stereocenters. The van der Waals surface area contributed by atoms with Crippen molar-refractivity contribution < 1.29 is 105 Å². The van der Waals surface area contributed by atoms with Crippen molar-refractivity contribution in [2.75, 3.05) is 84.2 Å². The van der Waals surface area contributed by atoms with E-state index in [1.807, 2.05) is 0 Å². The van der Waals surface area contributed by atoms with E-state index in [2.05, 4.69) is 63.5 Å². The predicted octanol–water partition coefficient (Wildman–Crippen LogP) is -2.98. The third kappa shape index (κ3) is 26.7. The number of hydrogen-bond donors (Lipinski definition) is 15. The minimum absolute atomic E-state index is 0.00143. The molecule has 18 amide bonds. The molecule has 7 rings (SSSR count). The maximum Gasteiger partial charge on any atom is 0.409 e. The van der Waals surface area contributed by atoms with Crippen molar-refractivity contribution in [3.8, 4) is 0 Å². The lowest BCUT2D eigenvalue weighted by Crippen LogP contribution is -2.61. The molecule has 2 aromatic carbocycles. The summed E-state index contributed by atoms with van der Waals surface area (Å²) in [6.45, 7) is 5.09. The van der Waals surface area contributed by atoms with Gasteiger partial charge >= 0.3 is 18.2 Å². The number of anilines is 1. The second-order valence-electron chi connectivity index (χ2n) is 28.6. The van der Waals surface area contributed by atoms with E-state index in [4.69, 9.17) is 25.7 Å². The lowest BCUT2D eigenvalue weighted by atomic mass is 9.98. The third-order valence-electron chi connectivity index (χ3n) is 19.6. The molecule has 41 heteroatoms. The summed E-state index contributed by atoms with van der Waals surface area (Å²) in [6.07, 6.45) is -2.50. The number of imide groups is 1. The number of amides is 18. The van der Waals surface area contributed by atoms with Gasteiger partial charge in [-0.15, -0.1) is 0 Å². The van der Waals surface area contributed by atoms with E-state index in [0.717, 1.165) is 19.6 Å². The van der Waals surface area contributed by atoms with Gasteiger partial charge in [0.1, 0.15) is 66.1 Å². The highest BCUT2D eigenvalue weighted by molar-refractivity contribution is 7.85. The average molecular weight is 1630 g/mol. The number of fused-ring (bicyclic) bond motifs is 5. The highest BCUT2D eigenvalue weighted by Gasteiger charge is 2.47. The van der Waals surface area contributed by atoms with Crippen LogP contribution in [0.1, 0.15) is 110 Å². The van der Waals surface area contributed by atoms with Gasteiger partial charge in [0.15, 0.2) is 0 Å². The summed E-state index contributed by atoms with van der Waals surface area (Å²) in [5.74, 6) is -13.8. The Kier molecular flexibility index (Phi) is 34.3. The summed E-state index contributed by atoms with van der Waals surface area (Å²) in [5, 5.41) is 39.0. The molecule has 12 atom stereocenters. The Hall–Kier alpha value is -11.6. The quantitative estimate of drug-likeness (QED) is 0.0226. The molecular formula is C74H104N18O22S. The molecule has 0 saturated carbocycles. The van der Waals surface area contributed by atoms with E-state index < -0.39 is 242 Å². The van der Waals surface area contributed by atoms with Crippen LogP contribution in [0.5, 0.6) is 0 Å². The lowest BCUT2D eigenvalue weighted by Gasteiger charge is -2.31. The summed E-state index contributed by atoms with van der Waals surface area (Å²) in [6, 6.07) is -0.725. The number of likely N-dealkylation sites (N-methyl/N-ethyl adjacent to an activating group) is 2. The number of H-pyrrole nitrogens is 1. The van der Waals surface area contributed by atoms with Crippen LogP contribution in [0.25, 0.3) is 10.9 Å². The molecule has 1 saturated heterocycles. The predicted molar refractivity (Wildman–Crippen MR) is 410 cm³/mol. The summed E-state index contributed by atoms with van der Waals surface area (Å²) in [5.41, 5.74) is 12.2. The first-order valence-corrected chi connectivity index (χ1v) is 39.2. The maximum absolute atomic E-state index is 15.2. The molecular weight excluding hydrogens is 1520 g/mol. The van der Waals surface area contributed by atoms with Gasteiger partial charge < -0.3 is 109 Å². The van der Waals surface area contributed by atoms with Crippen molar-refractivity contribution in [2.24, 2.45) is 23.3 Å². The minimum atomic E-state index is -2.40. The maximum atomic E-state index is 15.2. The number of aliphatic hydroxyl groups excluding tert-OH is 1. The zero-order valence-corrected chi connectivity index (χ0v) is 65.9. The minimum Gasteiger partial charge on any atom is -0.445 e. The van der Waals surface area contributed by atoms with Gasteiger partial charge in [-0.2, -0.15) is 0 Å². The normalized spacial score (nSPS) is 21.6. The number of para-hydroxylation sites is 1. The fraction of sp³-hybridized carbons (Fsp3) is 0.554. The molecule has 5 heterocycles. The van der Waals surface area contributed by atoms with Gasteiger partial charge in [-0.3, -0.25) is 76.2 Å². The summed E-state index contributed by atoms with van der Waals surface area (Å²) >= 11 is 0. The van der Waals surface area contributed by atoms with Crippen molar-refractivity contribution in [1.29, 1.82) is 0 Å². The van der Waals surface area contributed by atoms with Gasteiger partial charge in [0.25, 0.3) is 11.8 Å². The molecule has 628 valence electrons. The van der Waals surface area contributed by atoms with Crippen LogP contribution >= 0.6 is 0 Å². The van der Waals surface area contributed by atoms with Crippen LogP contribution in [0.4, 0.5) is 20.1 Å². The van der Waals surface area contributed by atoms with Crippen molar-refractivity contribution in [3.63, 3.8) is 0 Å². The number of aromatic amines is 1. The van der Waals surface area contributed by atoms with E-state index in [1.54, 1.807) is 71.0 Å². The second-order valence-corrected chi connectivity index (χ2v) is 30.1. The van der Waals surface area contributed by atoms with E-state index in [1.165, 1.54) is 38.4 Å². The fourth-order valence-corrected chi connectivity index (χ4v) is 14.3. The summed E-state index contributed by atoms with van der Waals surface area (Å²) in [7, 11) is 0.291. The first-order chi connectivity index (χ1) is 54.7. The zero-order valence-electron chi connectivity index (χ0n) is 65.1. The first kappa shape index (κ1) is 90.6. The van der Waals surface area contributed by atoms with Crippen LogP contribution in [-0.2, 0) is 105 Å². The van der Waals surface area contributed by atoms with Crippen LogP contribution in [0, 0.1) is 11.8 Å². The van der Waals surface area contributed by atoms with Crippen LogP contribution < -0.4 is 70.0 Å². The number of nitrogens with zero attached hydrogens (tertiary/aromatic N) is 4. The monoisotopic (exact) mass is 1630 g/mol. The van der Waals surface area contributed by atoms with E-state index in [9.17, 15) is 76.4 Å². The molecule has 40 nitrogen and oxygen atoms in total. The van der Waals surface area contributed by atoms with Gasteiger partial charge in [0.2, 0.25) is 70.9 Å². The van der Waals surface area contributed by atoms with Crippen LogP contribution in [0.3, 0.4) is 0 Å². The number of carbonyl (C=O) groups excluding carboxylic acids is 17. The van der Waals surface area contributed by atoms with Gasteiger partial charge in [0, 0.05) is 101 Å². The number of nitrogens with one attached hydrogen (secondary N) is 12. The number of ether oxygens (including phenoxy) is 3. The fourth-order valence-electron chi connectivity index (χ4n) is 13.0. The van der Waals surface area contributed by atoms with Gasteiger partial charge in [-0.25, -0.2) is 14.4 Å². The highest BCUT2D eigenvalue weighted by atomic mass is 32.2. The summed E-state index contributed by atoms with van der Waals surface area (Å²) < 4.78 is 32.1. The molecule has 4 aliphatic rings. The molecule has 115 heavy (non-hydrogen) atoms. The van der Waals surface area contributed by atoms with E-state index in [0.29, 0.717) is 42.1 Å². The number of aliphatic hydroxyl groups is 1. The van der Waals surface area contributed by atoms with Crippen molar-refractivity contribution in [2.45, 2.75) is 177 Å². The number of unbranched alkanes of at least 4 members (excludes halogenated alkanes) is 2. The molecule has 2 bridgehead atoms. The van der Waals surface area contributed by atoms with Gasteiger partial charge in [0.05, 0.1) is 55.3 Å². The number of primary amides is 2. The zero-order chi connectivity index (χ0) is 84.3. The third-order valence-corrected chi connectivity index (χ3v) is 21.0. The van der Waals surface area contributed by atoms with Crippen LogP contribution in [0.15, 0.2) is 65.7 Å². The SMILES string of the molecule is CCO[C@@H](CO)CC1NC(=O)C2C[C@@H](OC(=O)N(C)CCN(C)C(=O)OCc3ccc(NC(=O)[C@H](CCCNC(N)=O)NC(=O)[C@@H](NC(=O)CCCCCN4C(=O)C=CC4=O)C(C)C)cc3)CN2C(=O)[C@H](CC(N)=O)NC(=O)[C@@H]2CS(=O)c3[nH]c4ccccc4c3C[C@H](NC1=O)C(=O)NCC(=O)NC([C@@H](C)CC)C(=O)NCC(=O)N2. The molecule has 0 aliphatic carbocycles. The molecule has 0 radical (unpaired) electrons. The molecule has 4 aliphatic heterocycles. The van der Waals surface area contributed by atoms with E-state index in [-0.39, 0.29) is 74.9 Å². The molecule has 1 fully saturated rings. The lowest BCUT2D eigenvalue weighted by molar-refractivity contribution is -0.143. The van der Waals surface area contributed by atoms with Crippen molar-refractivity contribution in [3.05, 3.63) is 71.8 Å². The topological polar surface area (TPSA) is 568 Å². The molecule has 0 spiro atoms. The van der Waals surface area contributed by atoms with Gasteiger partial charge in [-0.1, -0.05) is 70.9 Å². The molecule has 3 aromatic rings. The number of carbonyl (C=O) groups is 17. The number of rotatable bonds is 31. The average Bonchev–Trinajstić information content (AvgIpc) is 1.64. The van der Waals surface area contributed by atoms with Gasteiger partial charge in [-0.05, 0) is 73.8 Å². The first-order valence-electron chi connectivity index (χ1n) is 37.9. The van der Waals surface area contributed by atoms with Crippen LogP contribution in [-0.4, -0.2) is 274 Å². The van der Waals surface area contributed by atoms with Crippen molar-refractivity contribution >= 4 is 128 Å². The van der Waals surface area contributed by atoms with Crippen molar-refractivity contribution in [1.82, 2.24) is 77.8 Å². The molecule has 17 N–H and O–H groups in total. The second kappa shape index (κ2) is 43.6. The Morgan fingerprint density at radius 2 is 1.38 bits per heavy atom. The Morgan fingerprint density at radius 1 is 0.722 bits per heavy atom. The Bertz CT molecular complexity index is 4120. The number of hydrogen-bond acceptors (Lipinski definition) is 22. The highest BCUT2D eigenvalue weighted by Crippen LogP contribution is 2.29. The summed E-state index contributed by atoms with van der Waals surface area (Å²) in [4.78, 5) is 239. The smallest absolute Gasteiger partial charge is 0.409 e. The van der Waals surface area contributed by atoms with E-state index >= 15 is 14.4 Å². The Labute approximate surface area is 665 Å². The largest absolute Gasteiger partial charge is 0.445 e.